The first-order chi connectivity index (χ1) is 16.8. The van der Waals surface area contributed by atoms with Crippen molar-refractivity contribution in [2.75, 3.05) is 0 Å². The molecule has 36 heavy (non-hydrogen) atoms. The molecule has 2 unspecified atom stereocenters. The first-order valence-electron chi connectivity index (χ1n) is 14.7. The van der Waals surface area contributed by atoms with E-state index in [0.717, 1.165) is 12.8 Å². The van der Waals surface area contributed by atoms with E-state index in [4.69, 9.17) is 0 Å². The van der Waals surface area contributed by atoms with Crippen LogP contribution < -0.4 is 0 Å². The molecule has 0 nitrogen and oxygen atoms in total. The standard InChI is InChI=1S/3C12H22/c1-6-11(4)12(5)9-7-8-10(2)3;1-6-12(5,7-2)10-8-9-11(3)4;1-5-8-12(6-2)10-7-9-11(3)4/h8,11H,5-7,9H2,1-4H3;6,9H,1,7-8,10H2,2-5H3;8-9H,5-7,10H2,1-4H3/b;;12-8-. The predicted octanol–water partition coefficient (Wildman–Crippen LogP) is 13.1. The molecule has 0 aliphatic heterocycles. The van der Waals surface area contributed by atoms with Crippen LogP contribution in [0.2, 0.25) is 0 Å². The van der Waals surface area contributed by atoms with Crippen molar-refractivity contribution >= 4 is 0 Å². The summed E-state index contributed by atoms with van der Waals surface area (Å²) in [6.45, 7) is 34.3. The summed E-state index contributed by atoms with van der Waals surface area (Å²) in [6.07, 6.45) is 23.3. The number of allylic oxidation sites excluding steroid dienone is 10. The van der Waals surface area contributed by atoms with Crippen LogP contribution in [0, 0.1) is 11.3 Å². The molecule has 0 aliphatic carbocycles. The van der Waals surface area contributed by atoms with Crippen LogP contribution >= 0.6 is 0 Å². The van der Waals surface area contributed by atoms with Gasteiger partial charge >= 0.3 is 0 Å². The second kappa shape index (κ2) is 25.1. The Balaban J connectivity index is -0.000000454. The van der Waals surface area contributed by atoms with Gasteiger partial charge in [-0.3, -0.25) is 0 Å². The summed E-state index contributed by atoms with van der Waals surface area (Å²) >= 11 is 0. The summed E-state index contributed by atoms with van der Waals surface area (Å²) < 4.78 is 0. The van der Waals surface area contributed by atoms with E-state index in [1.807, 2.05) is 0 Å². The lowest BCUT2D eigenvalue weighted by Crippen LogP contribution is -2.10. The van der Waals surface area contributed by atoms with Gasteiger partial charge in [0.15, 0.2) is 0 Å². The Hall–Kier alpha value is -1.56. The molecule has 0 aromatic heterocycles. The molecular formula is C36H66. The highest BCUT2D eigenvalue weighted by molar-refractivity contribution is 5.04. The molecule has 0 saturated carbocycles. The van der Waals surface area contributed by atoms with Gasteiger partial charge in [-0.25, -0.2) is 0 Å². The molecule has 0 aliphatic rings. The van der Waals surface area contributed by atoms with Crippen molar-refractivity contribution in [2.45, 2.75) is 147 Å². The average Bonchev–Trinajstić information content (AvgIpc) is 2.82. The summed E-state index contributed by atoms with van der Waals surface area (Å²) in [6, 6.07) is 0. The highest BCUT2D eigenvalue weighted by Crippen LogP contribution is 2.28. The van der Waals surface area contributed by atoms with E-state index in [-0.39, 0.29) is 0 Å². The Morgan fingerprint density at radius 1 is 0.750 bits per heavy atom. The van der Waals surface area contributed by atoms with Crippen molar-refractivity contribution in [1.29, 1.82) is 0 Å². The van der Waals surface area contributed by atoms with Crippen LogP contribution in [-0.4, -0.2) is 0 Å². The number of hydrogen-bond acceptors (Lipinski definition) is 0. The van der Waals surface area contributed by atoms with Crippen LogP contribution in [0.15, 0.2) is 71.4 Å². The maximum absolute atomic E-state index is 4.09. The van der Waals surface area contributed by atoms with Gasteiger partial charge in [-0.05, 0) is 117 Å². The minimum absolute atomic E-state index is 0.339. The summed E-state index contributed by atoms with van der Waals surface area (Å²) in [5, 5.41) is 0. The third-order valence-corrected chi connectivity index (χ3v) is 6.86. The lowest BCUT2D eigenvalue weighted by atomic mass is 9.83. The van der Waals surface area contributed by atoms with Crippen molar-refractivity contribution in [2.24, 2.45) is 11.3 Å². The molecule has 0 heterocycles. The topological polar surface area (TPSA) is 0 Å². The number of rotatable bonds is 15. The van der Waals surface area contributed by atoms with Gasteiger partial charge in [0.05, 0.1) is 0 Å². The van der Waals surface area contributed by atoms with E-state index in [2.05, 4.69) is 127 Å². The Morgan fingerprint density at radius 3 is 1.58 bits per heavy atom. The fraction of sp³-hybridized carbons (Fsp3) is 0.667. The lowest BCUT2D eigenvalue weighted by Gasteiger charge is -2.22. The lowest BCUT2D eigenvalue weighted by molar-refractivity contribution is 0.381. The van der Waals surface area contributed by atoms with E-state index in [1.54, 1.807) is 5.57 Å². The van der Waals surface area contributed by atoms with Gasteiger partial charge in [-0.15, -0.1) is 6.58 Å². The van der Waals surface area contributed by atoms with Crippen molar-refractivity contribution in [3.05, 3.63) is 71.4 Å². The Labute approximate surface area is 229 Å². The minimum atomic E-state index is 0.339. The quantitative estimate of drug-likeness (QED) is 0.197. The predicted molar refractivity (Wildman–Crippen MR) is 172 cm³/mol. The molecule has 2 atom stereocenters. The van der Waals surface area contributed by atoms with E-state index < -0.39 is 0 Å². The van der Waals surface area contributed by atoms with Gasteiger partial charge in [0, 0.05) is 0 Å². The zero-order chi connectivity index (χ0) is 28.6. The van der Waals surface area contributed by atoms with Gasteiger partial charge in [-0.2, -0.15) is 0 Å². The first-order valence-corrected chi connectivity index (χ1v) is 14.7. The SMILES string of the molecule is C=C(CCC=C(C)C)C(C)CC.C=CC(C)(CC)CCC=C(C)C.CC/C=C(/CC)CCC=C(C)C. The average molecular weight is 499 g/mol. The Kier molecular flexibility index (Phi) is 27.2. The van der Waals surface area contributed by atoms with Crippen molar-refractivity contribution in [1.82, 2.24) is 0 Å². The molecule has 0 fully saturated rings. The van der Waals surface area contributed by atoms with Crippen molar-refractivity contribution in [3.63, 3.8) is 0 Å². The highest BCUT2D eigenvalue weighted by atomic mass is 14.2. The number of hydrogen-bond donors (Lipinski definition) is 0. The van der Waals surface area contributed by atoms with Gasteiger partial charge in [-0.1, -0.05) is 106 Å². The monoisotopic (exact) mass is 499 g/mol. The van der Waals surface area contributed by atoms with Gasteiger partial charge in [0.2, 0.25) is 0 Å². The fourth-order valence-corrected chi connectivity index (χ4v) is 3.45. The zero-order valence-corrected chi connectivity index (χ0v) is 26.9. The van der Waals surface area contributed by atoms with Crippen LogP contribution in [0.25, 0.3) is 0 Å². The maximum Gasteiger partial charge on any atom is -0.0149 e. The van der Waals surface area contributed by atoms with Crippen LogP contribution in [-0.2, 0) is 0 Å². The smallest absolute Gasteiger partial charge is 0.0149 e. The molecule has 0 saturated heterocycles. The normalized spacial score (nSPS) is 12.9. The largest absolute Gasteiger partial charge is 0.103 e. The van der Waals surface area contributed by atoms with Gasteiger partial charge in [0.1, 0.15) is 0 Å². The second-order valence-corrected chi connectivity index (χ2v) is 11.3. The maximum atomic E-state index is 4.09. The van der Waals surface area contributed by atoms with E-state index in [1.165, 1.54) is 73.7 Å². The molecule has 0 amide bonds. The van der Waals surface area contributed by atoms with Crippen LogP contribution in [0.3, 0.4) is 0 Å². The summed E-state index contributed by atoms with van der Waals surface area (Å²) in [4.78, 5) is 0. The van der Waals surface area contributed by atoms with Gasteiger partial charge < -0.3 is 0 Å². The Morgan fingerprint density at radius 2 is 1.22 bits per heavy atom. The highest BCUT2D eigenvalue weighted by Gasteiger charge is 2.15. The van der Waals surface area contributed by atoms with Gasteiger partial charge in [0.25, 0.3) is 0 Å². The molecular weight excluding hydrogens is 432 g/mol. The van der Waals surface area contributed by atoms with Crippen LogP contribution in [0.5, 0.6) is 0 Å². The molecule has 0 heteroatoms. The summed E-state index contributed by atoms with van der Waals surface area (Å²) in [7, 11) is 0. The third kappa shape index (κ3) is 27.0. The summed E-state index contributed by atoms with van der Waals surface area (Å²) in [5.41, 5.74) is 7.60. The molecule has 0 N–H and O–H groups in total. The fourth-order valence-electron chi connectivity index (χ4n) is 3.45. The Bertz CT molecular complexity index is 667. The van der Waals surface area contributed by atoms with E-state index in [0.29, 0.717) is 11.3 Å². The second-order valence-electron chi connectivity index (χ2n) is 11.3. The molecule has 0 aromatic rings. The molecule has 0 rings (SSSR count). The molecule has 0 bridgehead atoms. The molecule has 0 radical (unpaired) electrons. The first kappa shape index (κ1) is 39.0. The minimum Gasteiger partial charge on any atom is -0.103 e. The van der Waals surface area contributed by atoms with Crippen LogP contribution in [0.1, 0.15) is 147 Å². The molecule has 0 aromatic carbocycles. The van der Waals surface area contributed by atoms with Crippen LogP contribution in [0.4, 0.5) is 0 Å². The third-order valence-electron chi connectivity index (χ3n) is 6.86. The molecule has 0 spiro atoms. The molecule has 210 valence electrons. The van der Waals surface area contributed by atoms with E-state index in [9.17, 15) is 0 Å². The summed E-state index contributed by atoms with van der Waals surface area (Å²) in [5.74, 6) is 0.690. The zero-order valence-electron chi connectivity index (χ0n) is 26.9. The van der Waals surface area contributed by atoms with Crippen molar-refractivity contribution in [3.8, 4) is 0 Å². The van der Waals surface area contributed by atoms with Crippen molar-refractivity contribution < 1.29 is 0 Å². The van der Waals surface area contributed by atoms with E-state index >= 15 is 0 Å².